The predicted octanol–water partition coefficient (Wildman–Crippen LogP) is 1.51. The van der Waals surface area contributed by atoms with Crippen LogP contribution in [0.1, 0.15) is 43.1 Å². The van der Waals surface area contributed by atoms with E-state index in [1.165, 1.54) is 0 Å². The molecule has 5 heteroatoms. The first-order chi connectivity index (χ1) is 9.19. The third-order valence-electron chi connectivity index (χ3n) is 3.47. The summed E-state index contributed by atoms with van der Waals surface area (Å²) in [4.78, 5) is 15.8. The second-order valence-electron chi connectivity index (χ2n) is 5.05. The van der Waals surface area contributed by atoms with Crippen molar-refractivity contribution >= 4 is 11.6 Å². The molecule has 1 aliphatic carbocycles. The van der Waals surface area contributed by atoms with Crippen LogP contribution in [0.15, 0.2) is 18.3 Å². The van der Waals surface area contributed by atoms with Gasteiger partial charge in [-0.25, -0.2) is 0 Å². The van der Waals surface area contributed by atoms with Crippen molar-refractivity contribution in [3.63, 3.8) is 0 Å². The summed E-state index contributed by atoms with van der Waals surface area (Å²) in [6.07, 6.45) is 5.96. The van der Waals surface area contributed by atoms with Crippen LogP contribution in [-0.4, -0.2) is 29.5 Å². The normalized spacial score (nSPS) is 22.8. The van der Waals surface area contributed by atoms with Gasteiger partial charge in [-0.05, 0) is 44.7 Å². The molecule has 4 N–H and O–H groups in total. The topological polar surface area (TPSA) is 80.0 Å². The molecule has 0 unspecified atom stereocenters. The molecule has 19 heavy (non-hydrogen) atoms. The number of carbonyl (C=O) groups is 1. The molecule has 0 bridgehead atoms. The zero-order valence-corrected chi connectivity index (χ0v) is 11.4. The highest BCUT2D eigenvalue weighted by Crippen LogP contribution is 2.21. The summed E-state index contributed by atoms with van der Waals surface area (Å²) < 4.78 is 0. The smallest absolute Gasteiger partial charge is 0.269 e. The Labute approximate surface area is 114 Å². The van der Waals surface area contributed by atoms with Gasteiger partial charge in [-0.15, -0.1) is 0 Å². The highest BCUT2D eigenvalue weighted by atomic mass is 16.1. The van der Waals surface area contributed by atoms with Crippen molar-refractivity contribution in [2.45, 2.75) is 44.7 Å². The number of carbonyl (C=O) groups excluding carboxylic acids is 1. The van der Waals surface area contributed by atoms with Gasteiger partial charge in [0.25, 0.3) is 5.91 Å². The summed E-state index contributed by atoms with van der Waals surface area (Å²) in [5.41, 5.74) is 7.31. The quantitative estimate of drug-likeness (QED) is 0.768. The minimum atomic E-state index is -0.128. The lowest BCUT2D eigenvalue weighted by Crippen LogP contribution is -2.32. The van der Waals surface area contributed by atoms with Gasteiger partial charge in [-0.1, -0.05) is 0 Å². The molecule has 1 saturated carbocycles. The van der Waals surface area contributed by atoms with Crippen LogP contribution in [-0.2, 0) is 0 Å². The first-order valence-electron chi connectivity index (χ1n) is 6.95. The fourth-order valence-electron chi connectivity index (χ4n) is 2.39. The van der Waals surface area contributed by atoms with Crippen LogP contribution < -0.4 is 16.4 Å². The van der Waals surface area contributed by atoms with E-state index in [0.29, 0.717) is 24.3 Å². The molecular formula is C14H22N4O. The maximum absolute atomic E-state index is 11.7. The number of nitrogens with one attached hydrogen (secondary N) is 2. The van der Waals surface area contributed by atoms with E-state index >= 15 is 0 Å². The van der Waals surface area contributed by atoms with Gasteiger partial charge in [0.05, 0.1) is 0 Å². The van der Waals surface area contributed by atoms with E-state index in [2.05, 4.69) is 15.6 Å². The van der Waals surface area contributed by atoms with E-state index < -0.39 is 0 Å². The van der Waals surface area contributed by atoms with Gasteiger partial charge in [0.15, 0.2) is 0 Å². The summed E-state index contributed by atoms with van der Waals surface area (Å²) in [7, 11) is 0. The van der Waals surface area contributed by atoms with Crippen molar-refractivity contribution in [3.8, 4) is 0 Å². The predicted molar refractivity (Wildman–Crippen MR) is 76.1 cm³/mol. The van der Waals surface area contributed by atoms with Crippen molar-refractivity contribution in [1.29, 1.82) is 0 Å². The van der Waals surface area contributed by atoms with Crippen molar-refractivity contribution in [1.82, 2.24) is 10.3 Å². The van der Waals surface area contributed by atoms with E-state index in [-0.39, 0.29) is 5.91 Å². The first kappa shape index (κ1) is 13.8. The van der Waals surface area contributed by atoms with Crippen LogP contribution >= 0.6 is 0 Å². The molecule has 1 heterocycles. The van der Waals surface area contributed by atoms with Crippen molar-refractivity contribution in [2.24, 2.45) is 5.73 Å². The number of hydrogen-bond acceptors (Lipinski definition) is 4. The lowest BCUT2D eigenvalue weighted by atomic mass is 9.92. The number of pyridine rings is 1. The molecule has 5 nitrogen and oxygen atoms in total. The lowest BCUT2D eigenvalue weighted by molar-refractivity contribution is 0.0951. The van der Waals surface area contributed by atoms with E-state index in [1.54, 1.807) is 12.3 Å². The van der Waals surface area contributed by atoms with Crippen LogP contribution in [0.2, 0.25) is 0 Å². The lowest BCUT2D eigenvalue weighted by Gasteiger charge is -2.27. The molecule has 1 fully saturated rings. The molecule has 1 aliphatic rings. The summed E-state index contributed by atoms with van der Waals surface area (Å²) in [5, 5.41) is 6.22. The molecule has 0 spiro atoms. The highest BCUT2D eigenvalue weighted by molar-refractivity contribution is 5.93. The number of rotatable bonds is 4. The molecule has 0 radical (unpaired) electrons. The van der Waals surface area contributed by atoms with Crippen molar-refractivity contribution in [3.05, 3.63) is 24.0 Å². The minimum absolute atomic E-state index is 0.128. The zero-order valence-electron chi connectivity index (χ0n) is 11.4. The molecule has 2 rings (SSSR count). The molecule has 0 atom stereocenters. The van der Waals surface area contributed by atoms with Gasteiger partial charge >= 0.3 is 0 Å². The van der Waals surface area contributed by atoms with Gasteiger partial charge in [0, 0.05) is 30.5 Å². The fraction of sp³-hybridized carbons (Fsp3) is 0.571. The fourth-order valence-corrected chi connectivity index (χ4v) is 2.39. The number of aromatic nitrogens is 1. The van der Waals surface area contributed by atoms with Crippen LogP contribution in [0.25, 0.3) is 0 Å². The Morgan fingerprint density at radius 2 is 2.16 bits per heavy atom. The van der Waals surface area contributed by atoms with Crippen LogP contribution in [0, 0.1) is 0 Å². The third-order valence-corrected chi connectivity index (χ3v) is 3.47. The standard InChI is InChI=1S/C14H22N4O/c1-2-16-14(19)13-9-12(7-8-17-13)18-11-5-3-10(15)4-6-11/h7-11H,2-6,15H2,1H3,(H,16,19)(H,17,18). The molecule has 0 aliphatic heterocycles. The Bertz CT molecular complexity index is 427. The summed E-state index contributed by atoms with van der Waals surface area (Å²) in [5.74, 6) is -0.128. The van der Waals surface area contributed by atoms with Gasteiger partial charge in [0.1, 0.15) is 5.69 Å². The van der Waals surface area contributed by atoms with E-state index in [0.717, 1.165) is 31.4 Å². The summed E-state index contributed by atoms with van der Waals surface area (Å²) >= 11 is 0. The molecule has 1 aromatic heterocycles. The average molecular weight is 262 g/mol. The number of nitrogens with two attached hydrogens (primary N) is 1. The van der Waals surface area contributed by atoms with Gasteiger partial charge in [-0.3, -0.25) is 9.78 Å². The second kappa shape index (κ2) is 6.52. The van der Waals surface area contributed by atoms with E-state index in [4.69, 9.17) is 5.73 Å². The molecule has 1 aromatic rings. The van der Waals surface area contributed by atoms with E-state index in [9.17, 15) is 4.79 Å². The maximum Gasteiger partial charge on any atom is 0.269 e. The Morgan fingerprint density at radius 3 is 2.84 bits per heavy atom. The number of hydrogen-bond donors (Lipinski definition) is 3. The van der Waals surface area contributed by atoms with Crippen molar-refractivity contribution < 1.29 is 4.79 Å². The molecular weight excluding hydrogens is 240 g/mol. The monoisotopic (exact) mass is 262 g/mol. The third kappa shape index (κ3) is 3.92. The average Bonchev–Trinajstić information content (AvgIpc) is 2.42. The van der Waals surface area contributed by atoms with Crippen molar-refractivity contribution in [2.75, 3.05) is 11.9 Å². The maximum atomic E-state index is 11.7. The molecule has 0 saturated heterocycles. The Kier molecular flexibility index (Phi) is 4.74. The van der Waals surface area contributed by atoms with Crippen LogP contribution in [0.3, 0.4) is 0 Å². The first-order valence-corrected chi connectivity index (χ1v) is 6.95. The van der Waals surface area contributed by atoms with Gasteiger partial charge in [0.2, 0.25) is 0 Å². The number of amides is 1. The SMILES string of the molecule is CCNC(=O)c1cc(NC2CCC(N)CC2)ccn1. The molecule has 1 amide bonds. The van der Waals surface area contributed by atoms with Crippen LogP contribution in [0.4, 0.5) is 5.69 Å². The summed E-state index contributed by atoms with van der Waals surface area (Å²) in [6.45, 7) is 2.50. The minimum Gasteiger partial charge on any atom is -0.382 e. The Hall–Kier alpha value is -1.62. The Balaban J connectivity index is 1.97. The zero-order chi connectivity index (χ0) is 13.7. The van der Waals surface area contributed by atoms with E-state index in [1.807, 2.05) is 13.0 Å². The molecule has 0 aromatic carbocycles. The van der Waals surface area contributed by atoms with Gasteiger partial charge in [-0.2, -0.15) is 0 Å². The largest absolute Gasteiger partial charge is 0.382 e. The number of anilines is 1. The summed E-state index contributed by atoms with van der Waals surface area (Å²) in [6, 6.07) is 4.50. The van der Waals surface area contributed by atoms with Gasteiger partial charge < -0.3 is 16.4 Å². The Morgan fingerprint density at radius 1 is 1.42 bits per heavy atom. The molecule has 104 valence electrons. The second-order valence-corrected chi connectivity index (χ2v) is 5.05. The highest BCUT2D eigenvalue weighted by Gasteiger charge is 2.18. The van der Waals surface area contributed by atoms with Crippen LogP contribution in [0.5, 0.6) is 0 Å². The number of nitrogens with zero attached hydrogens (tertiary/aromatic N) is 1.